The van der Waals surface area contributed by atoms with Crippen LogP contribution in [0.5, 0.6) is 0 Å². The molecule has 0 bridgehead atoms. The first-order chi connectivity index (χ1) is 11.4. The normalized spacial score (nSPS) is 23.0. The van der Waals surface area contributed by atoms with Gasteiger partial charge in [0.2, 0.25) is 0 Å². The highest BCUT2D eigenvalue weighted by molar-refractivity contribution is 6.33. The quantitative estimate of drug-likeness (QED) is 0.789. The predicted octanol–water partition coefficient (Wildman–Crippen LogP) is 2.54. The van der Waals surface area contributed by atoms with Gasteiger partial charge in [-0.15, -0.1) is 0 Å². The number of carboxylic acids is 1. The standard InChI is InChI=1S/C17H20ClFN2O3/c18-13-2-1-3-14(19)16(13)17(24)20-11-6-12(7-11)21(9-15(22)23)8-10-4-5-10/h1-3,10-12H,4-9H2,(H,20,24)(H,22,23). The third-order valence-corrected chi connectivity index (χ3v) is 5.00. The molecule has 1 aromatic carbocycles. The molecule has 130 valence electrons. The van der Waals surface area contributed by atoms with Gasteiger partial charge in [0.15, 0.2) is 0 Å². The molecule has 2 aliphatic rings. The Hall–Kier alpha value is -1.66. The minimum absolute atomic E-state index is 0.0287. The SMILES string of the molecule is O=C(O)CN(CC1CC1)C1CC(NC(=O)c2c(F)cccc2Cl)C1. The average Bonchev–Trinajstić information content (AvgIpc) is 3.25. The Bertz CT molecular complexity index is 624. The Balaban J connectivity index is 1.53. The van der Waals surface area contributed by atoms with Gasteiger partial charge in [-0.1, -0.05) is 17.7 Å². The summed E-state index contributed by atoms with van der Waals surface area (Å²) in [4.78, 5) is 25.2. The molecule has 0 saturated heterocycles. The Kier molecular flexibility index (Phi) is 5.06. The molecule has 0 heterocycles. The van der Waals surface area contributed by atoms with Gasteiger partial charge in [0.25, 0.3) is 5.91 Å². The van der Waals surface area contributed by atoms with Crippen molar-refractivity contribution in [2.75, 3.05) is 13.1 Å². The first-order valence-corrected chi connectivity index (χ1v) is 8.52. The van der Waals surface area contributed by atoms with Crippen LogP contribution in [0.4, 0.5) is 4.39 Å². The molecule has 7 heteroatoms. The number of halogens is 2. The molecule has 0 atom stereocenters. The van der Waals surface area contributed by atoms with Crippen molar-refractivity contribution in [2.45, 2.75) is 37.8 Å². The van der Waals surface area contributed by atoms with Crippen molar-refractivity contribution >= 4 is 23.5 Å². The molecule has 5 nitrogen and oxygen atoms in total. The van der Waals surface area contributed by atoms with Gasteiger partial charge in [-0.05, 0) is 43.7 Å². The van der Waals surface area contributed by atoms with Crippen molar-refractivity contribution in [3.8, 4) is 0 Å². The van der Waals surface area contributed by atoms with Crippen LogP contribution in [0.1, 0.15) is 36.0 Å². The summed E-state index contributed by atoms with van der Waals surface area (Å²) in [6, 6.07) is 4.22. The average molecular weight is 355 g/mol. The summed E-state index contributed by atoms with van der Waals surface area (Å²) < 4.78 is 13.8. The third-order valence-electron chi connectivity index (χ3n) is 4.68. The summed E-state index contributed by atoms with van der Waals surface area (Å²) in [5.74, 6) is -1.39. The Morgan fingerprint density at radius 1 is 1.33 bits per heavy atom. The second-order valence-electron chi connectivity index (χ2n) is 6.66. The zero-order valence-corrected chi connectivity index (χ0v) is 13.9. The predicted molar refractivity (Wildman–Crippen MR) is 87.6 cm³/mol. The number of hydrogen-bond donors (Lipinski definition) is 2. The van der Waals surface area contributed by atoms with Crippen LogP contribution >= 0.6 is 11.6 Å². The minimum atomic E-state index is -0.832. The number of benzene rings is 1. The molecule has 3 rings (SSSR count). The Morgan fingerprint density at radius 2 is 2.04 bits per heavy atom. The van der Waals surface area contributed by atoms with Gasteiger partial charge in [-0.25, -0.2) is 4.39 Å². The molecule has 1 aromatic rings. The number of carbonyl (C=O) groups excluding carboxylic acids is 1. The second kappa shape index (κ2) is 7.07. The number of carboxylic acid groups (broad SMARTS) is 1. The van der Waals surface area contributed by atoms with Crippen LogP contribution in [0, 0.1) is 11.7 Å². The maximum atomic E-state index is 13.8. The molecule has 0 aromatic heterocycles. The van der Waals surface area contributed by atoms with Crippen molar-refractivity contribution in [1.29, 1.82) is 0 Å². The summed E-state index contributed by atoms with van der Waals surface area (Å²) in [6.45, 7) is 0.831. The summed E-state index contributed by atoms with van der Waals surface area (Å²) in [5, 5.41) is 11.9. The lowest BCUT2D eigenvalue weighted by molar-refractivity contribution is -0.139. The molecule has 2 aliphatic carbocycles. The first-order valence-electron chi connectivity index (χ1n) is 8.14. The molecule has 1 amide bonds. The van der Waals surface area contributed by atoms with Crippen LogP contribution in [0.2, 0.25) is 5.02 Å². The first kappa shape index (κ1) is 17.2. The lowest BCUT2D eigenvalue weighted by Crippen LogP contribution is -2.55. The number of aliphatic carboxylic acids is 1. The Morgan fingerprint density at radius 3 is 2.62 bits per heavy atom. The third kappa shape index (κ3) is 4.05. The van der Waals surface area contributed by atoms with Gasteiger partial charge in [0.1, 0.15) is 5.82 Å². The molecule has 2 saturated carbocycles. The number of hydrogen-bond acceptors (Lipinski definition) is 3. The molecular formula is C17H20ClFN2O3. The maximum Gasteiger partial charge on any atom is 0.317 e. The van der Waals surface area contributed by atoms with E-state index < -0.39 is 17.7 Å². The van der Waals surface area contributed by atoms with E-state index in [4.69, 9.17) is 16.7 Å². The van der Waals surface area contributed by atoms with E-state index in [1.165, 1.54) is 18.2 Å². The molecule has 2 N–H and O–H groups in total. The van der Waals surface area contributed by atoms with E-state index in [1.807, 2.05) is 4.90 Å². The van der Waals surface area contributed by atoms with E-state index >= 15 is 0 Å². The van der Waals surface area contributed by atoms with E-state index in [0.717, 1.165) is 19.4 Å². The number of rotatable bonds is 7. The van der Waals surface area contributed by atoms with Crippen LogP contribution in [0.15, 0.2) is 18.2 Å². The van der Waals surface area contributed by atoms with Crippen molar-refractivity contribution in [1.82, 2.24) is 10.2 Å². The van der Waals surface area contributed by atoms with E-state index in [0.29, 0.717) is 18.8 Å². The number of nitrogens with one attached hydrogen (secondary N) is 1. The van der Waals surface area contributed by atoms with Crippen molar-refractivity contribution < 1.29 is 19.1 Å². The zero-order valence-electron chi connectivity index (χ0n) is 13.2. The summed E-state index contributed by atoms with van der Waals surface area (Å²) in [5.41, 5.74) is -0.136. The van der Waals surface area contributed by atoms with Gasteiger partial charge in [0, 0.05) is 18.6 Å². The van der Waals surface area contributed by atoms with Gasteiger partial charge < -0.3 is 10.4 Å². The topological polar surface area (TPSA) is 69.6 Å². The summed E-state index contributed by atoms with van der Waals surface area (Å²) in [7, 11) is 0. The van der Waals surface area contributed by atoms with Gasteiger partial charge in [0.05, 0.1) is 17.1 Å². The van der Waals surface area contributed by atoms with Crippen molar-refractivity contribution in [3.05, 3.63) is 34.6 Å². The van der Waals surface area contributed by atoms with Gasteiger partial charge in [-0.3, -0.25) is 14.5 Å². The van der Waals surface area contributed by atoms with Gasteiger partial charge >= 0.3 is 5.97 Å². The van der Waals surface area contributed by atoms with Crippen LogP contribution in [0.25, 0.3) is 0 Å². The van der Waals surface area contributed by atoms with Crippen molar-refractivity contribution in [3.63, 3.8) is 0 Å². The summed E-state index contributed by atoms with van der Waals surface area (Å²) >= 11 is 5.90. The molecule has 2 fully saturated rings. The fourth-order valence-corrected chi connectivity index (χ4v) is 3.37. The molecular weight excluding hydrogens is 335 g/mol. The van der Waals surface area contributed by atoms with E-state index in [1.54, 1.807) is 0 Å². The highest BCUT2D eigenvalue weighted by Gasteiger charge is 2.38. The largest absolute Gasteiger partial charge is 0.480 e. The fourth-order valence-electron chi connectivity index (χ4n) is 3.12. The molecule has 0 spiro atoms. The van der Waals surface area contributed by atoms with E-state index in [2.05, 4.69) is 5.32 Å². The van der Waals surface area contributed by atoms with E-state index in [-0.39, 0.29) is 29.2 Å². The molecule has 0 radical (unpaired) electrons. The lowest BCUT2D eigenvalue weighted by Gasteiger charge is -2.42. The van der Waals surface area contributed by atoms with Gasteiger partial charge in [-0.2, -0.15) is 0 Å². The fraction of sp³-hybridized carbons (Fsp3) is 0.529. The summed E-state index contributed by atoms with van der Waals surface area (Å²) in [6.07, 6.45) is 3.68. The monoisotopic (exact) mass is 354 g/mol. The zero-order chi connectivity index (χ0) is 17.3. The lowest BCUT2D eigenvalue weighted by atomic mass is 9.85. The number of nitrogens with zero attached hydrogens (tertiary/aromatic N) is 1. The van der Waals surface area contributed by atoms with Crippen LogP contribution in [0.3, 0.4) is 0 Å². The molecule has 24 heavy (non-hydrogen) atoms. The van der Waals surface area contributed by atoms with Crippen molar-refractivity contribution in [2.24, 2.45) is 5.92 Å². The highest BCUT2D eigenvalue weighted by atomic mass is 35.5. The highest BCUT2D eigenvalue weighted by Crippen LogP contribution is 2.34. The Labute approximate surface area is 144 Å². The van der Waals surface area contributed by atoms with Crippen LogP contribution < -0.4 is 5.32 Å². The minimum Gasteiger partial charge on any atom is -0.480 e. The number of carbonyl (C=O) groups is 2. The smallest absolute Gasteiger partial charge is 0.317 e. The molecule has 0 unspecified atom stereocenters. The van der Waals surface area contributed by atoms with E-state index in [9.17, 15) is 14.0 Å². The second-order valence-corrected chi connectivity index (χ2v) is 7.07. The van der Waals surface area contributed by atoms with Crippen LogP contribution in [-0.4, -0.2) is 47.1 Å². The van der Waals surface area contributed by atoms with Crippen LogP contribution in [-0.2, 0) is 4.79 Å². The maximum absolute atomic E-state index is 13.8. The molecule has 0 aliphatic heterocycles. The number of amides is 1.